The predicted molar refractivity (Wildman–Crippen MR) is 75.5 cm³/mol. The van der Waals surface area contributed by atoms with E-state index in [2.05, 4.69) is 0 Å². The second-order valence-corrected chi connectivity index (χ2v) is 5.39. The highest BCUT2D eigenvalue weighted by Crippen LogP contribution is 2.41. The number of rotatable bonds is 2. The van der Waals surface area contributed by atoms with Crippen LogP contribution in [-0.2, 0) is 4.79 Å². The van der Waals surface area contributed by atoms with Gasteiger partial charge in [-0.15, -0.1) is 11.8 Å². The highest BCUT2D eigenvalue weighted by Gasteiger charge is 2.33. The van der Waals surface area contributed by atoms with Gasteiger partial charge in [0.2, 0.25) is 5.91 Å². The molecular formula is C15H12FNOS. The van der Waals surface area contributed by atoms with Crippen molar-refractivity contribution in [1.29, 1.82) is 0 Å². The number of thioether (sulfide) groups is 1. The zero-order chi connectivity index (χ0) is 13.2. The SMILES string of the molecule is O=C1CS[C@H](c2cccc(F)c2)N1c1ccccc1. The van der Waals surface area contributed by atoms with Crippen molar-refractivity contribution in [1.82, 2.24) is 0 Å². The molecule has 1 amide bonds. The first-order chi connectivity index (χ1) is 9.25. The van der Waals surface area contributed by atoms with Gasteiger partial charge in [-0.25, -0.2) is 4.39 Å². The van der Waals surface area contributed by atoms with Crippen LogP contribution < -0.4 is 4.90 Å². The van der Waals surface area contributed by atoms with Crippen LogP contribution in [0.1, 0.15) is 10.9 Å². The van der Waals surface area contributed by atoms with Crippen molar-refractivity contribution in [2.45, 2.75) is 5.37 Å². The van der Waals surface area contributed by atoms with E-state index < -0.39 is 0 Å². The number of benzene rings is 2. The first-order valence-electron chi connectivity index (χ1n) is 6.00. The minimum atomic E-state index is -0.273. The Hall–Kier alpha value is -1.81. The van der Waals surface area contributed by atoms with E-state index in [1.807, 2.05) is 36.4 Å². The van der Waals surface area contributed by atoms with Crippen LogP contribution >= 0.6 is 11.8 Å². The third-order valence-electron chi connectivity index (χ3n) is 3.04. The van der Waals surface area contributed by atoms with Gasteiger partial charge in [0, 0.05) is 5.69 Å². The lowest BCUT2D eigenvalue weighted by Crippen LogP contribution is -2.27. The van der Waals surface area contributed by atoms with Gasteiger partial charge in [0.15, 0.2) is 0 Å². The second-order valence-electron chi connectivity index (χ2n) is 4.32. The van der Waals surface area contributed by atoms with Gasteiger partial charge in [0.05, 0.1) is 5.75 Å². The van der Waals surface area contributed by atoms with Gasteiger partial charge in [-0.05, 0) is 29.8 Å². The van der Waals surface area contributed by atoms with E-state index >= 15 is 0 Å². The van der Waals surface area contributed by atoms with E-state index in [9.17, 15) is 9.18 Å². The largest absolute Gasteiger partial charge is 0.295 e. The number of amides is 1. The molecule has 1 aliphatic heterocycles. The molecule has 4 heteroatoms. The Labute approximate surface area is 115 Å². The first-order valence-corrected chi connectivity index (χ1v) is 7.05. The fourth-order valence-corrected chi connectivity index (χ4v) is 3.37. The summed E-state index contributed by atoms with van der Waals surface area (Å²) < 4.78 is 13.3. The molecule has 0 radical (unpaired) electrons. The minimum Gasteiger partial charge on any atom is -0.295 e. The second kappa shape index (κ2) is 5.05. The maximum Gasteiger partial charge on any atom is 0.238 e. The van der Waals surface area contributed by atoms with Crippen LogP contribution in [0.5, 0.6) is 0 Å². The van der Waals surface area contributed by atoms with E-state index in [1.165, 1.54) is 23.9 Å². The van der Waals surface area contributed by atoms with Crippen molar-refractivity contribution >= 4 is 23.4 Å². The minimum absolute atomic E-state index is 0.0606. The molecule has 19 heavy (non-hydrogen) atoms. The molecule has 0 saturated carbocycles. The van der Waals surface area contributed by atoms with Crippen molar-refractivity contribution < 1.29 is 9.18 Å². The molecule has 0 bridgehead atoms. The van der Waals surface area contributed by atoms with Crippen LogP contribution in [0.2, 0.25) is 0 Å². The molecule has 2 aromatic carbocycles. The normalized spacial score (nSPS) is 18.9. The summed E-state index contributed by atoms with van der Waals surface area (Å²) in [5.74, 6) is 0.215. The Balaban J connectivity index is 1.99. The summed E-state index contributed by atoms with van der Waals surface area (Å²) in [5, 5.41) is -0.148. The number of carbonyl (C=O) groups is 1. The van der Waals surface area contributed by atoms with E-state index in [0.717, 1.165) is 11.3 Å². The van der Waals surface area contributed by atoms with Gasteiger partial charge >= 0.3 is 0 Å². The maximum absolute atomic E-state index is 13.3. The van der Waals surface area contributed by atoms with Crippen molar-refractivity contribution in [3.8, 4) is 0 Å². The van der Waals surface area contributed by atoms with E-state index in [0.29, 0.717) is 5.75 Å². The molecule has 0 N–H and O–H groups in total. The molecule has 1 fully saturated rings. The fourth-order valence-electron chi connectivity index (χ4n) is 2.20. The molecule has 1 aliphatic rings. The van der Waals surface area contributed by atoms with Crippen LogP contribution in [-0.4, -0.2) is 11.7 Å². The average molecular weight is 273 g/mol. The predicted octanol–water partition coefficient (Wildman–Crippen LogP) is 3.60. The molecule has 0 aliphatic carbocycles. The quantitative estimate of drug-likeness (QED) is 0.833. The summed E-state index contributed by atoms with van der Waals surface area (Å²) >= 11 is 1.52. The number of hydrogen-bond donors (Lipinski definition) is 0. The van der Waals surface area contributed by atoms with Gasteiger partial charge in [0.1, 0.15) is 11.2 Å². The van der Waals surface area contributed by atoms with Gasteiger partial charge in [-0.1, -0.05) is 30.3 Å². The number of carbonyl (C=O) groups excluding carboxylic acids is 1. The van der Waals surface area contributed by atoms with Crippen molar-refractivity contribution in [2.75, 3.05) is 10.7 Å². The summed E-state index contributed by atoms with van der Waals surface area (Å²) in [6, 6.07) is 15.9. The van der Waals surface area contributed by atoms with Crippen LogP contribution in [0.25, 0.3) is 0 Å². The third-order valence-corrected chi connectivity index (χ3v) is 4.25. The first kappa shape index (κ1) is 12.2. The summed E-state index contributed by atoms with van der Waals surface area (Å²) in [6.45, 7) is 0. The maximum atomic E-state index is 13.3. The molecular weight excluding hydrogens is 261 g/mol. The number of nitrogens with zero attached hydrogens (tertiary/aromatic N) is 1. The Morgan fingerprint density at radius 2 is 1.89 bits per heavy atom. The van der Waals surface area contributed by atoms with Crippen molar-refractivity contribution in [3.63, 3.8) is 0 Å². The lowest BCUT2D eigenvalue weighted by atomic mass is 10.2. The van der Waals surface area contributed by atoms with Crippen LogP contribution in [0.15, 0.2) is 54.6 Å². The third kappa shape index (κ3) is 2.36. The zero-order valence-electron chi connectivity index (χ0n) is 10.1. The van der Waals surface area contributed by atoms with Crippen LogP contribution in [0, 0.1) is 5.82 Å². The fraction of sp³-hybridized carbons (Fsp3) is 0.133. The molecule has 1 atom stereocenters. The molecule has 3 rings (SSSR count). The summed E-state index contributed by atoms with van der Waals surface area (Å²) in [7, 11) is 0. The van der Waals surface area contributed by atoms with Gasteiger partial charge < -0.3 is 0 Å². The van der Waals surface area contributed by atoms with Gasteiger partial charge in [-0.2, -0.15) is 0 Å². The number of anilines is 1. The highest BCUT2D eigenvalue weighted by atomic mass is 32.2. The van der Waals surface area contributed by atoms with Gasteiger partial charge in [-0.3, -0.25) is 9.69 Å². The molecule has 1 heterocycles. The van der Waals surface area contributed by atoms with E-state index in [4.69, 9.17) is 0 Å². The lowest BCUT2D eigenvalue weighted by Gasteiger charge is -2.24. The molecule has 0 spiro atoms. The molecule has 2 nitrogen and oxygen atoms in total. The van der Waals surface area contributed by atoms with E-state index in [-0.39, 0.29) is 17.1 Å². The highest BCUT2D eigenvalue weighted by molar-refractivity contribution is 8.00. The Morgan fingerprint density at radius 3 is 2.63 bits per heavy atom. The summed E-state index contributed by atoms with van der Waals surface area (Å²) in [4.78, 5) is 13.8. The molecule has 0 aromatic heterocycles. The monoisotopic (exact) mass is 273 g/mol. The van der Waals surface area contributed by atoms with Crippen molar-refractivity contribution in [3.05, 3.63) is 66.0 Å². The number of para-hydroxylation sites is 1. The number of halogens is 1. The molecule has 0 unspecified atom stereocenters. The number of hydrogen-bond acceptors (Lipinski definition) is 2. The van der Waals surface area contributed by atoms with Crippen molar-refractivity contribution in [2.24, 2.45) is 0 Å². The molecule has 2 aromatic rings. The zero-order valence-corrected chi connectivity index (χ0v) is 10.9. The standard InChI is InChI=1S/C15H12FNOS/c16-12-6-4-5-11(9-12)15-17(14(18)10-19-15)13-7-2-1-3-8-13/h1-9,15H,10H2/t15-/m1/s1. The Morgan fingerprint density at radius 1 is 1.11 bits per heavy atom. The Bertz CT molecular complexity index is 602. The average Bonchev–Trinajstić information content (AvgIpc) is 2.82. The molecule has 1 saturated heterocycles. The topological polar surface area (TPSA) is 20.3 Å². The van der Waals surface area contributed by atoms with E-state index in [1.54, 1.807) is 11.0 Å². The summed E-state index contributed by atoms with van der Waals surface area (Å²) in [5.41, 5.74) is 1.67. The smallest absolute Gasteiger partial charge is 0.238 e. The van der Waals surface area contributed by atoms with Crippen LogP contribution in [0.4, 0.5) is 10.1 Å². The van der Waals surface area contributed by atoms with Crippen LogP contribution in [0.3, 0.4) is 0 Å². The van der Waals surface area contributed by atoms with Gasteiger partial charge in [0.25, 0.3) is 0 Å². The Kier molecular flexibility index (Phi) is 3.25. The molecule has 96 valence electrons. The lowest BCUT2D eigenvalue weighted by molar-refractivity contribution is -0.115. The summed E-state index contributed by atoms with van der Waals surface area (Å²) in [6.07, 6.45) is 0.